The first-order valence-electron chi connectivity index (χ1n) is 7.43. The van der Waals surface area contributed by atoms with Crippen molar-refractivity contribution in [3.63, 3.8) is 0 Å². The molecule has 1 aromatic rings. The summed E-state index contributed by atoms with van der Waals surface area (Å²) < 4.78 is 0. The zero-order valence-electron chi connectivity index (χ0n) is 12.0. The molecule has 1 aromatic heterocycles. The third kappa shape index (κ3) is 2.72. The Labute approximate surface area is 129 Å². The zero-order chi connectivity index (χ0) is 15.0. The van der Waals surface area contributed by atoms with Gasteiger partial charge < -0.3 is 16.4 Å². The van der Waals surface area contributed by atoms with Crippen molar-refractivity contribution in [2.45, 2.75) is 32.1 Å². The summed E-state index contributed by atoms with van der Waals surface area (Å²) in [5, 5.41) is 0. The molecule has 0 bridgehead atoms. The van der Waals surface area contributed by atoms with Gasteiger partial charge in [-0.2, -0.15) is 0 Å². The molecule has 6 heteroatoms. The normalized spacial score (nSPS) is 21.1. The quantitative estimate of drug-likeness (QED) is 0.811. The first-order valence-corrected chi connectivity index (χ1v) is 7.84. The van der Waals surface area contributed by atoms with Gasteiger partial charge in [0.25, 0.3) is 0 Å². The molecule has 1 fully saturated rings. The summed E-state index contributed by atoms with van der Waals surface area (Å²) in [6, 6.07) is 2.08. The highest BCUT2D eigenvalue weighted by molar-refractivity contribution is 7.80. The van der Waals surface area contributed by atoms with Gasteiger partial charge in [-0.15, -0.1) is 0 Å². The first-order chi connectivity index (χ1) is 10.1. The molecular weight excluding hydrogens is 284 g/mol. The van der Waals surface area contributed by atoms with Gasteiger partial charge in [0.15, 0.2) is 0 Å². The molecule has 3 rings (SSSR count). The van der Waals surface area contributed by atoms with Crippen LogP contribution in [0.2, 0.25) is 0 Å². The summed E-state index contributed by atoms with van der Waals surface area (Å²) >= 11 is 5.19. The van der Waals surface area contributed by atoms with Crippen molar-refractivity contribution in [2.24, 2.45) is 17.4 Å². The average molecular weight is 304 g/mol. The van der Waals surface area contributed by atoms with Gasteiger partial charge in [0, 0.05) is 18.8 Å². The molecule has 0 spiro atoms. The Morgan fingerprint density at radius 2 is 2.14 bits per heavy atom. The highest BCUT2D eigenvalue weighted by atomic mass is 32.1. The van der Waals surface area contributed by atoms with Crippen LogP contribution >= 0.6 is 12.2 Å². The highest BCUT2D eigenvalue weighted by Crippen LogP contribution is 2.30. The second kappa shape index (κ2) is 5.60. The monoisotopic (exact) mass is 304 g/mol. The number of nitrogens with zero attached hydrogens (tertiary/aromatic N) is 2. The molecule has 2 heterocycles. The predicted molar refractivity (Wildman–Crippen MR) is 86.3 cm³/mol. The second-order valence-electron chi connectivity index (χ2n) is 5.87. The lowest BCUT2D eigenvalue weighted by Crippen LogP contribution is -2.42. The summed E-state index contributed by atoms with van der Waals surface area (Å²) in [5.74, 6) is 0.472. The third-order valence-electron chi connectivity index (χ3n) is 4.42. The van der Waals surface area contributed by atoms with Gasteiger partial charge in [-0.05, 0) is 43.7 Å². The Hall–Kier alpha value is -1.69. The van der Waals surface area contributed by atoms with Crippen LogP contribution in [0.3, 0.4) is 0 Å². The Morgan fingerprint density at radius 1 is 1.33 bits per heavy atom. The van der Waals surface area contributed by atoms with Gasteiger partial charge in [-0.25, -0.2) is 4.98 Å². The molecule has 5 nitrogen and oxygen atoms in total. The molecular formula is C15H20N4OS. The minimum Gasteiger partial charge on any atom is -0.389 e. The Kier molecular flexibility index (Phi) is 3.80. The first kappa shape index (κ1) is 14.3. The van der Waals surface area contributed by atoms with Gasteiger partial charge in [0.1, 0.15) is 10.8 Å². The van der Waals surface area contributed by atoms with E-state index in [1.54, 1.807) is 0 Å². The smallest absolute Gasteiger partial charge is 0.222 e. The van der Waals surface area contributed by atoms with Gasteiger partial charge in [-0.3, -0.25) is 4.79 Å². The third-order valence-corrected chi connectivity index (χ3v) is 4.64. The molecule has 1 aliphatic heterocycles. The van der Waals surface area contributed by atoms with Crippen molar-refractivity contribution in [3.8, 4) is 0 Å². The number of rotatable bonds is 3. The van der Waals surface area contributed by atoms with Crippen molar-refractivity contribution >= 4 is 28.9 Å². The van der Waals surface area contributed by atoms with E-state index in [4.69, 9.17) is 28.7 Å². The topological polar surface area (TPSA) is 85.2 Å². The zero-order valence-corrected chi connectivity index (χ0v) is 12.8. The van der Waals surface area contributed by atoms with Crippen molar-refractivity contribution in [1.82, 2.24) is 4.98 Å². The molecule has 0 aromatic carbocycles. The van der Waals surface area contributed by atoms with E-state index in [0.717, 1.165) is 55.7 Å². The number of hydrogen-bond donors (Lipinski definition) is 2. The van der Waals surface area contributed by atoms with E-state index < -0.39 is 0 Å². The fourth-order valence-corrected chi connectivity index (χ4v) is 3.44. The van der Waals surface area contributed by atoms with Crippen LogP contribution in [0.5, 0.6) is 0 Å². The van der Waals surface area contributed by atoms with Crippen molar-refractivity contribution in [1.29, 1.82) is 0 Å². The number of hydrogen-bond acceptors (Lipinski definition) is 4. The summed E-state index contributed by atoms with van der Waals surface area (Å²) in [6.45, 7) is 1.47. The van der Waals surface area contributed by atoms with E-state index in [1.165, 1.54) is 5.56 Å². The molecule has 21 heavy (non-hydrogen) atoms. The Balaban J connectivity index is 1.97. The number of pyridine rings is 1. The molecule has 1 saturated heterocycles. The molecule has 0 saturated carbocycles. The summed E-state index contributed by atoms with van der Waals surface area (Å²) in [5.41, 5.74) is 14.6. The number of fused-ring (bicyclic) bond motifs is 1. The Morgan fingerprint density at radius 3 is 2.86 bits per heavy atom. The van der Waals surface area contributed by atoms with Crippen LogP contribution in [0.4, 0.5) is 5.82 Å². The van der Waals surface area contributed by atoms with E-state index in [-0.39, 0.29) is 11.8 Å². The van der Waals surface area contributed by atoms with E-state index in [2.05, 4.69) is 11.0 Å². The van der Waals surface area contributed by atoms with Gasteiger partial charge in [-0.1, -0.05) is 12.2 Å². The number of primary amides is 1. The molecule has 1 amide bonds. The number of aryl methyl sites for hydroxylation is 2. The largest absolute Gasteiger partial charge is 0.389 e. The molecule has 112 valence electrons. The maximum Gasteiger partial charge on any atom is 0.222 e. The number of nitrogens with two attached hydrogens (primary N) is 2. The van der Waals surface area contributed by atoms with Gasteiger partial charge >= 0.3 is 0 Å². The molecule has 1 aliphatic carbocycles. The molecule has 1 unspecified atom stereocenters. The van der Waals surface area contributed by atoms with E-state index in [1.807, 2.05) is 0 Å². The summed E-state index contributed by atoms with van der Waals surface area (Å²) in [7, 11) is 0. The van der Waals surface area contributed by atoms with Crippen molar-refractivity contribution < 1.29 is 4.79 Å². The van der Waals surface area contributed by atoms with E-state index in [0.29, 0.717) is 11.5 Å². The SMILES string of the molecule is NC(=O)C1CCCN(c2nc3c(cc2C(N)=S)CCC3)C1. The van der Waals surface area contributed by atoms with Crippen LogP contribution in [-0.4, -0.2) is 29.0 Å². The standard InChI is InChI=1S/C15H20N4OS/c16-13(20)10-4-2-6-19(8-10)15-11(14(17)21)7-9-3-1-5-12(9)18-15/h7,10H,1-6,8H2,(H2,16,20)(H2,17,21). The molecule has 2 aliphatic rings. The summed E-state index contributed by atoms with van der Waals surface area (Å²) in [6.07, 6.45) is 4.96. The van der Waals surface area contributed by atoms with E-state index in [9.17, 15) is 4.79 Å². The average Bonchev–Trinajstić information content (AvgIpc) is 2.93. The maximum atomic E-state index is 11.5. The lowest BCUT2D eigenvalue weighted by atomic mass is 9.97. The molecule has 1 atom stereocenters. The van der Waals surface area contributed by atoms with Gasteiger partial charge in [0.2, 0.25) is 5.91 Å². The Bertz CT molecular complexity index is 602. The predicted octanol–water partition coefficient (Wildman–Crippen LogP) is 0.906. The lowest BCUT2D eigenvalue weighted by molar-refractivity contribution is -0.122. The number of amides is 1. The second-order valence-corrected chi connectivity index (χ2v) is 6.31. The number of aromatic nitrogens is 1. The van der Waals surface area contributed by atoms with Crippen molar-refractivity contribution in [2.75, 3.05) is 18.0 Å². The number of piperidine rings is 1. The van der Waals surface area contributed by atoms with Crippen LogP contribution in [-0.2, 0) is 17.6 Å². The molecule has 4 N–H and O–H groups in total. The van der Waals surface area contributed by atoms with Gasteiger partial charge in [0.05, 0.1) is 11.5 Å². The van der Waals surface area contributed by atoms with E-state index >= 15 is 0 Å². The summed E-state index contributed by atoms with van der Waals surface area (Å²) in [4.78, 5) is 18.7. The van der Waals surface area contributed by atoms with Crippen LogP contribution < -0.4 is 16.4 Å². The molecule has 0 radical (unpaired) electrons. The van der Waals surface area contributed by atoms with Crippen LogP contribution in [0, 0.1) is 5.92 Å². The van der Waals surface area contributed by atoms with Crippen LogP contribution in [0.1, 0.15) is 36.1 Å². The number of carbonyl (C=O) groups excluding carboxylic acids is 1. The van der Waals surface area contributed by atoms with Crippen molar-refractivity contribution in [3.05, 3.63) is 22.9 Å². The highest BCUT2D eigenvalue weighted by Gasteiger charge is 2.28. The fraction of sp³-hybridized carbons (Fsp3) is 0.533. The minimum atomic E-state index is -0.238. The maximum absolute atomic E-state index is 11.5. The lowest BCUT2D eigenvalue weighted by Gasteiger charge is -2.33. The number of thiocarbonyl (C=S) groups is 1. The number of carbonyl (C=O) groups is 1. The van der Waals surface area contributed by atoms with Crippen LogP contribution in [0.25, 0.3) is 0 Å². The fourth-order valence-electron chi connectivity index (χ4n) is 3.29. The van der Waals surface area contributed by atoms with Crippen LogP contribution in [0.15, 0.2) is 6.07 Å². The minimum absolute atomic E-state index is 0.118. The number of anilines is 1.